The fourth-order valence-electron chi connectivity index (χ4n) is 5.72. The van der Waals surface area contributed by atoms with Crippen LogP contribution in [0.3, 0.4) is 0 Å². The van der Waals surface area contributed by atoms with Crippen LogP contribution in [0.2, 0.25) is 0 Å². The van der Waals surface area contributed by atoms with Gasteiger partial charge < -0.3 is 20.4 Å². The Morgan fingerprint density at radius 1 is 1.19 bits per heavy atom. The zero-order valence-corrected chi connectivity index (χ0v) is 24.0. The first-order valence-corrected chi connectivity index (χ1v) is 14.1. The molecule has 0 spiro atoms. The number of methoxy groups -OCH3 is 1. The van der Waals surface area contributed by atoms with E-state index in [1.54, 1.807) is 25.6 Å². The molecular formula is C30H32FN9O3. The summed E-state index contributed by atoms with van der Waals surface area (Å²) < 4.78 is 20.5. The Kier molecular flexibility index (Phi) is 7.48. The number of fused-ring (bicyclic) bond motifs is 1. The summed E-state index contributed by atoms with van der Waals surface area (Å²) in [4.78, 5) is 38.5. The maximum atomic E-state index is 13.6. The van der Waals surface area contributed by atoms with Crippen molar-refractivity contribution in [1.29, 1.82) is 0 Å². The Morgan fingerprint density at radius 2 is 2.00 bits per heavy atom. The van der Waals surface area contributed by atoms with Crippen LogP contribution in [-0.4, -0.2) is 53.5 Å². The molecule has 1 aliphatic rings. The van der Waals surface area contributed by atoms with E-state index in [1.807, 2.05) is 38.1 Å². The molecule has 1 fully saturated rings. The highest BCUT2D eigenvalue weighted by molar-refractivity contribution is 5.87. The Hall–Kier alpha value is -4.91. The summed E-state index contributed by atoms with van der Waals surface area (Å²) in [6.07, 6.45) is 7.74. The van der Waals surface area contributed by atoms with E-state index in [9.17, 15) is 14.0 Å². The van der Waals surface area contributed by atoms with Crippen LogP contribution >= 0.6 is 0 Å². The number of hydrogen-bond donors (Lipinski definition) is 4. The minimum atomic E-state index is -1.02. The normalized spacial score (nSPS) is 19.3. The van der Waals surface area contributed by atoms with E-state index in [4.69, 9.17) is 9.72 Å². The number of carbonyl (C=O) groups excluding carboxylic acids is 1. The first kappa shape index (κ1) is 28.2. The first-order chi connectivity index (χ1) is 20.7. The van der Waals surface area contributed by atoms with Crippen molar-refractivity contribution in [1.82, 2.24) is 40.2 Å². The number of hydrogen-bond acceptors (Lipinski definition) is 8. The molecule has 0 aliphatic heterocycles. The minimum absolute atomic E-state index is 0.0500. The molecule has 4 N–H and O–H groups in total. The molecular weight excluding hydrogens is 553 g/mol. The number of carbonyl (C=O) groups is 1. The van der Waals surface area contributed by atoms with Gasteiger partial charge in [-0.25, -0.2) is 19.0 Å². The number of pyridine rings is 3. The second-order valence-electron chi connectivity index (χ2n) is 10.9. The zero-order valence-electron chi connectivity index (χ0n) is 24.0. The summed E-state index contributed by atoms with van der Waals surface area (Å²) in [6, 6.07) is 8.77. The number of ether oxygens (including phenoxy) is 1. The summed E-state index contributed by atoms with van der Waals surface area (Å²) in [6.45, 7) is 3.79. The Bertz CT molecular complexity index is 1820. The average molecular weight is 586 g/mol. The lowest BCUT2D eigenvalue weighted by atomic mass is 9.76. The molecule has 5 aromatic heterocycles. The molecule has 13 heteroatoms. The minimum Gasteiger partial charge on any atom is -0.368 e. The van der Waals surface area contributed by atoms with Crippen LogP contribution in [0.25, 0.3) is 16.6 Å². The summed E-state index contributed by atoms with van der Waals surface area (Å²) >= 11 is 0. The van der Waals surface area contributed by atoms with E-state index in [0.29, 0.717) is 54.2 Å². The number of nitrogens with zero attached hydrogens (tertiary/aromatic N) is 5. The largest absolute Gasteiger partial charge is 0.368 e. The van der Waals surface area contributed by atoms with Crippen LogP contribution in [0.1, 0.15) is 61.5 Å². The van der Waals surface area contributed by atoms with Crippen molar-refractivity contribution >= 4 is 28.3 Å². The highest BCUT2D eigenvalue weighted by Gasteiger charge is 2.43. The highest BCUT2D eigenvalue weighted by Crippen LogP contribution is 2.41. The molecule has 1 saturated carbocycles. The number of halogens is 1. The van der Waals surface area contributed by atoms with Gasteiger partial charge in [0.1, 0.15) is 11.4 Å². The number of rotatable bonds is 8. The van der Waals surface area contributed by atoms with Gasteiger partial charge in [0, 0.05) is 37.2 Å². The predicted octanol–water partition coefficient (Wildman–Crippen LogP) is 4.34. The van der Waals surface area contributed by atoms with Gasteiger partial charge in [-0.2, -0.15) is 10.2 Å². The fourth-order valence-corrected chi connectivity index (χ4v) is 5.72. The van der Waals surface area contributed by atoms with Crippen LogP contribution < -0.4 is 16.2 Å². The molecule has 5 aromatic rings. The van der Waals surface area contributed by atoms with Crippen molar-refractivity contribution in [2.24, 2.45) is 0 Å². The highest BCUT2D eigenvalue weighted by atomic mass is 19.1. The third-order valence-electron chi connectivity index (χ3n) is 8.13. The van der Waals surface area contributed by atoms with Gasteiger partial charge in [-0.1, -0.05) is 6.07 Å². The molecule has 1 aliphatic carbocycles. The molecule has 1 atom stereocenters. The van der Waals surface area contributed by atoms with Crippen LogP contribution in [0, 0.1) is 12.7 Å². The number of anilines is 2. The molecule has 0 aromatic carbocycles. The number of H-pyrrole nitrogens is 2. The number of aromatic amines is 2. The maximum Gasteiger partial charge on any atom is 0.257 e. The van der Waals surface area contributed by atoms with Gasteiger partial charge in [-0.3, -0.25) is 14.7 Å². The standard InChI is InChI=1S/C30H32FN9O3/c1-17-12-24(39-38-17)36-23-13-20-8-11-32-28(41)26(20)27(37-23)19-6-9-30(43-3,10-7-19)29(42)35-18(2)21-4-5-25(33-14-21)40-16-22(31)15-34-40/h4-5,8,11-16,18-19H,6-7,9-10H2,1-3H3,(H,32,41)(H,35,42)(H2,36,37,38,39)/t18-,19-,30+/m0/s1. The first-order valence-electron chi connectivity index (χ1n) is 14.1. The van der Waals surface area contributed by atoms with Crippen molar-refractivity contribution in [3.05, 3.63) is 88.2 Å². The van der Waals surface area contributed by atoms with Gasteiger partial charge in [0.25, 0.3) is 11.5 Å². The third-order valence-corrected chi connectivity index (χ3v) is 8.13. The number of amides is 1. The molecule has 0 saturated heterocycles. The van der Waals surface area contributed by atoms with Gasteiger partial charge in [0.05, 0.1) is 29.5 Å². The second kappa shape index (κ2) is 11.4. The average Bonchev–Trinajstić information content (AvgIpc) is 3.64. The van der Waals surface area contributed by atoms with Gasteiger partial charge in [0.15, 0.2) is 17.5 Å². The number of aryl methyl sites for hydroxylation is 1. The molecule has 222 valence electrons. The molecule has 43 heavy (non-hydrogen) atoms. The molecule has 1 amide bonds. The lowest BCUT2D eigenvalue weighted by Gasteiger charge is -2.38. The summed E-state index contributed by atoms with van der Waals surface area (Å²) in [5, 5.41) is 18.7. The van der Waals surface area contributed by atoms with Crippen molar-refractivity contribution in [2.45, 2.75) is 57.1 Å². The topological polar surface area (TPSA) is 156 Å². The van der Waals surface area contributed by atoms with E-state index in [0.717, 1.165) is 22.8 Å². The van der Waals surface area contributed by atoms with E-state index in [1.165, 1.54) is 10.9 Å². The van der Waals surface area contributed by atoms with E-state index in [-0.39, 0.29) is 23.4 Å². The monoisotopic (exact) mass is 585 g/mol. The molecule has 5 heterocycles. The smallest absolute Gasteiger partial charge is 0.257 e. The SMILES string of the molecule is CO[C@]1(C(=O)N[C@@H](C)c2ccc(-n3cc(F)cn3)nc2)CC[C@H](c2nc(Nc3cc(C)[nH]n3)cc3cc[nH]c(=O)c32)CC1. The van der Waals surface area contributed by atoms with Gasteiger partial charge >= 0.3 is 0 Å². The predicted molar refractivity (Wildman–Crippen MR) is 158 cm³/mol. The lowest BCUT2D eigenvalue weighted by molar-refractivity contribution is -0.148. The summed E-state index contributed by atoms with van der Waals surface area (Å²) in [7, 11) is 1.55. The van der Waals surface area contributed by atoms with Crippen LogP contribution in [0.15, 0.2) is 59.9 Å². The van der Waals surface area contributed by atoms with Crippen LogP contribution in [-0.2, 0) is 9.53 Å². The zero-order chi connectivity index (χ0) is 30.1. The van der Waals surface area contributed by atoms with Crippen molar-refractivity contribution in [3.63, 3.8) is 0 Å². The van der Waals surface area contributed by atoms with Crippen molar-refractivity contribution < 1.29 is 13.9 Å². The van der Waals surface area contributed by atoms with E-state index >= 15 is 0 Å². The Balaban J connectivity index is 1.18. The van der Waals surface area contributed by atoms with Crippen LogP contribution in [0.5, 0.6) is 0 Å². The van der Waals surface area contributed by atoms with Gasteiger partial charge in [-0.15, -0.1) is 0 Å². The fraction of sp³-hybridized carbons (Fsp3) is 0.333. The maximum absolute atomic E-state index is 13.6. The van der Waals surface area contributed by atoms with Crippen molar-refractivity contribution in [2.75, 3.05) is 12.4 Å². The van der Waals surface area contributed by atoms with E-state index in [2.05, 4.69) is 35.9 Å². The molecule has 0 bridgehead atoms. The quantitative estimate of drug-likeness (QED) is 0.210. The van der Waals surface area contributed by atoms with Gasteiger partial charge in [-0.05, 0) is 68.7 Å². The second-order valence-corrected chi connectivity index (χ2v) is 10.9. The molecule has 12 nitrogen and oxygen atoms in total. The number of nitrogens with one attached hydrogen (secondary N) is 4. The Morgan fingerprint density at radius 3 is 2.65 bits per heavy atom. The Labute approximate surface area is 246 Å². The van der Waals surface area contributed by atoms with E-state index < -0.39 is 11.4 Å². The van der Waals surface area contributed by atoms with Crippen molar-refractivity contribution in [3.8, 4) is 5.82 Å². The van der Waals surface area contributed by atoms with Crippen LogP contribution in [0.4, 0.5) is 16.0 Å². The lowest BCUT2D eigenvalue weighted by Crippen LogP contribution is -2.50. The van der Waals surface area contributed by atoms with Gasteiger partial charge in [0.2, 0.25) is 0 Å². The number of aromatic nitrogens is 7. The molecule has 6 rings (SSSR count). The summed E-state index contributed by atoms with van der Waals surface area (Å²) in [5.74, 6) is 0.984. The summed E-state index contributed by atoms with van der Waals surface area (Å²) in [5.41, 5.74) is 1.17. The third kappa shape index (κ3) is 5.63. The molecule has 0 radical (unpaired) electrons. The molecule has 0 unspecified atom stereocenters.